The van der Waals surface area contributed by atoms with Crippen molar-refractivity contribution in [2.45, 2.75) is 6.18 Å². The van der Waals surface area contributed by atoms with Gasteiger partial charge in [-0.3, -0.25) is 0 Å². The van der Waals surface area contributed by atoms with E-state index < -0.39 is 17.5 Å². The summed E-state index contributed by atoms with van der Waals surface area (Å²) in [6.45, 7) is 0. The Morgan fingerprint density at radius 3 is 1.39 bits per heavy atom. The summed E-state index contributed by atoms with van der Waals surface area (Å²) in [4.78, 5) is 0. The zero-order valence-corrected chi connectivity index (χ0v) is 19.1. The Bertz CT molecular complexity index is 1460. The van der Waals surface area contributed by atoms with Gasteiger partial charge in [0, 0.05) is 11.1 Å². The number of ether oxygens (including phenoxy) is 2. The van der Waals surface area contributed by atoms with Crippen LogP contribution < -0.4 is 9.47 Å². The molecule has 0 atom stereocenters. The maximum atomic E-state index is 14.1. The van der Waals surface area contributed by atoms with Crippen molar-refractivity contribution in [2.24, 2.45) is 0 Å². The average molecular weight is 483 g/mol. The van der Waals surface area contributed by atoms with E-state index in [4.69, 9.17) is 9.47 Å². The van der Waals surface area contributed by atoms with Crippen molar-refractivity contribution in [1.82, 2.24) is 0 Å². The van der Waals surface area contributed by atoms with Crippen LogP contribution in [0.15, 0.2) is 127 Å². The first-order chi connectivity index (χ1) is 17.5. The molecule has 0 heterocycles. The molecule has 2 nitrogen and oxygen atoms in total. The van der Waals surface area contributed by atoms with E-state index in [0.717, 1.165) is 22.8 Å². The second kappa shape index (κ2) is 10.0. The van der Waals surface area contributed by atoms with Crippen LogP contribution in [-0.4, -0.2) is 0 Å². The lowest BCUT2D eigenvalue weighted by atomic mass is 10.0. The van der Waals surface area contributed by atoms with Crippen LogP contribution in [-0.2, 0) is 6.18 Å². The quantitative estimate of drug-likeness (QED) is 0.240. The fourth-order valence-corrected chi connectivity index (χ4v) is 3.98. The monoisotopic (exact) mass is 482 g/mol. The molecule has 0 saturated carbocycles. The minimum absolute atomic E-state index is 0.0314. The summed E-state index contributed by atoms with van der Waals surface area (Å²) in [6, 6.07) is 36.9. The molecule has 0 aliphatic carbocycles. The van der Waals surface area contributed by atoms with Crippen LogP contribution in [0.3, 0.4) is 0 Å². The molecule has 36 heavy (non-hydrogen) atoms. The minimum atomic E-state index is -4.64. The lowest BCUT2D eigenvalue weighted by Gasteiger charge is -2.20. The molecule has 0 unspecified atom stereocenters. The predicted molar refractivity (Wildman–Crippen MR) is 135 cm³/mol. The van der Waals surface area contributed by atoms with Crippen LogP contribution in [0, 0.1) is 0 Å². The second-order valence-electron chi connectivity index (χ2n) is 8.06. The summed E-state index contributed by atoms with van der Waals surface area (Å²) in [5, 5.41) is 0. The largest absolute Gasteiger partial charge is 0.453 e. The third-order valence-electron chi connectivity index (χ3n) is 5.66. The lowest BCUT2D eigenvalue weighted by Crippen LogP contribution is -2.08. The Kier molecular flexibility index (Phi) is 6.46. The van der Waals surface area contributed by atoms with E-state index in [1.165, 1.54) is 12.1 Å². The smallest absolute Gasteiger partial charge is 0.420 e. The van der Waals surface area contributed by atoms with E-state index in [1.807, 2.05) is 84.9 Å². The number of hydrogen-bond acceptors (Lipinski definition) is 2. The molecule has 5 heteroatoms. The number of halogens is 3. The highest BCUT2D eigenvalue weighted by Gasteiger charge is 2.36. The second-order valence-corrected chi connectivity index (χ2v) is 8.06. The molecule has 5 rings (SSSR count). The van der Waals surface area contributed by atoms with Gasteiger partial charge >= 0.3 is 6.18 Å². The molecule has 0 N–H and O–H groups in total. The maximum absolute atomic E-state index is 14.1. The fourth-order valence-electron chi connectivity index (χ4n) is 3.98. The first-order valence-corrected chi connectivity index (χ1v) is 11.4. The van der Waals surface area contributed by atoms with Crippen molar-refractivity contribution in [3.63, 3.8) is 0 Å². The third-order valence-corrected chi connectivity index (χ3v) is 5.66. The van der Waals surface area contributed by atoms with E-state index in [-0.39, 0.29) is 5.75 Å². The molecule has 0 aliphatic heterocycles. The number of benzene rings is 5. The topological polar surface area (TPSA) is 18.5 Å². The molecule has 0 aliphatic rings. The Balaban J connectivity index is 1.61. The van der Waals surface area contributed by atoms with Crippen LogP contribution >= 0.6 is 0 Å². The molecule has 0 fully saturated rings. The standard InChI is InChI=1S/C31H21F3O2/c32-31(33,34)26-18-11-21-29(35-27-19-9-7-16-24(27)22-12-3-1-4-13-22)30(26)36-28-20-10-8-17-25(28)23-14-5-2-6-15-23/h1-21H. The van der Waals surface area contributed by atoms with Gasteiger partial charge in [-0.15, -0.1) is 0 Å². The number of rotatable bonds is 6. The highest BCUT2D eigenvalue weighted by atomic mass is 19.4. The van der Waals surface area contributed by atoms with E-state index in [2.05, 4.69) is 0 Å². The van der Waals surface area contributed by atoms with Gasteiger partial charge in [0.15, 0.2) is 11.5 Å². The average Bonchev–Trinajstić information content (AvgIpc) is 2.91. The minimum Gasteiger partial charge on any atom is -0.453 e. The van der Waals surface area contributed by atoms with Gasteiger partial charge in [-0.25, -0.2) is 0 Å². The lowest BCUT2D eigenvalue weighted by molar-refractivity contribution is -0.138. The SMILES string of the molecule is FC(F)(F)c1cccc(Oc2ccccc2-c2ccccc2)c1Oc1ccccc1-c1ccccc1. The van der Waals surface area contributed by atoms with Gasteiger partial charge in [0.25, 0.3) is 0 Å². The van der Waals surface area contributed by atoms with E-state index in [1.54, 1.807) is 24.3 Å². The molecule has 0 saturated heterocycles. The van der Waals surface area contributed by atoms with Gasteiger partial charge in [0.1, 0.15) is 17.1 Å². The van der Waals surface area contributed by atoms with Crippen molar-refractivity contribution in [3.05, 3.63) is 133 Å². The highest BCUT2D eigenvalue weighted by molar-refractivity contribution is 5.73. The van der Waals surface area contributed by atoms with Gasteiger partial charge < -0.3 is 9.47 Å². The van der Waals surface area contributed by atoms with Gasteiger partial charge in [-0.1, -0.05) is 103 Å². The van der Waals surface area contributed by atoms with Gasteiger partial charge in [-0.2, -0.15) is 13.2 Å². The van der Waals surface area contributed by atoms with E-state index in [9.17, 15) is 13.2 Å². The molecule has 0 aromatic heterocycles. The van der Waals surface area contributed by atoms with Gasteiger partial charge in [0.05, 0.1) is 0 Å². The molecule has 0 bridgehead atoms. The van der Waals surface area contributed by atoms with E-state index >= 15 is 0 Å². The molecule has 0 spiro atoms. The van der Waals surface area contributed by atoms with Crippen LogP contribution in [0.5, 0.6) is 23.0 Å². The molecular weight excluding hydrogens is 461 g/mol. The maximum Gasteiger partial charge on any atom is 0.420 e. The van der Waals surface area contributed by atoms with Gasteiger partial charge in [-0.05, 0) is 35.4 Å². The van der Waals surface area contributed by atoms with Crippen LogP contribution in [0.1, 0.15) is 5.56 Å². The van der Waals surface area contributed by atoms with Crippen molar-refractivity contribution in [1.29, 1.82) is 0 Å². The number of hydrogen-bond donors (Lipinski definition) is 0. The summed E-state index contributed by atoms with van der Waals surface area (Å²) in [5.41, 5.74) is 2.23. The third kappa shape index (κ3) is 4.96. The number of para-hydroxylation sites is 3. The summed E-state index contributed by atoms with van der Waals surface area (Å²) >= 11 is 0. The number of alkyl halides is 3. The first-order valence-electron chi connectivity index (χ1n) is 11.4. The van der Waals surface area contributed by atoms with Crippen molar-refractivity contribution >= 4 is 0 Å². The van der Waals surface area contributed by atoms with Crippen LogP contribution in [0.25, 0.3) is 22.3 Å². The molecule has 0 amide bonds. The van der Waals surface area contributed by atoms with E-state index in [0.29, 0.717) is 17.1 Å². The zero-order chi connectivity index (χ0) is 25.0. The first kappa shape index (κ1) is 23.2. The van der Waals surface area contributed by atoms with Crippen LogP contribution in [0.2, 0.25) is 0 Å². The highest BCUT2D eigenvalue weighted by Crippen LogP contribution is 2.47. The molecule has 5 aromatic carbocycles. The predicted octanol–water partition coefficient (Wildman–Crippen LogP) is 9.62. The normalized spacial score (nSPS) is 11.2. The Labute approximate surface area is 207 Å². The summed E-state index contributed by atoms with van der Waals surface area (Å²) < 4.78 is 54.5. The molecule has 0 radical (unpaired) electrons. The Morgan fingerprint density at radius 2 is 0.861 bits per heavy atom. The summed E-state index contributed by atoms with van der Waals surface area (Å²) in [7, 11) is 0. The van der Waals surface area contributed by atoms with Gasteiger partial charge in [0.2, 0.25) is 0 Å². The summed E-state index contributed by atoms with van der Waals surface area (Å²) in [5.74, 6) is 0.290. The van der Waals surface area contributed by atoms with Crippen LogP contribution in [0.4, 0.5) is 13.2 Å². The van der Waals surface area contributed by atoms with Crippen molar-refractivity contribution in [2.75, 3.05) is 0 Å². The fraction of sp³-hybridized carbons (Fsp3) is 0.0323. The molecule has 5 aromatic rings. The van der Waals surface area contributed by atoms with Crippen molar-refractivity contribution in [3.8, 4) is 45.3 Å². The molecule has 178 valence electrons. The summed E-state index contributed by atoms with van der Waals surface area (Å²) in [6.07, 6.45) is -4.64. The Morgan fingerprint density at radius 1 is 0.417 bits per heavy atom. The Hall–Kier alpha value is -4.51. The zero-order valence-electron chi connectivity index (χ0n) is 19.1. The van der Waals surface area contributed by atoms with Crippen molar-refractivity contribution < 1.29 is 22.6 Å². The molecular formula is C31H21F3O2.